The molecule has 3 aromatic carbocycles. The van der Waals surface area contributed by atoms with Gasteiger partial charge >= 0.3 is 11.9 Å². The van der Waals surface area contributed by atoms with E-state index in [9.17, 15) is 9.59 Å². The zero-order chi connectivity index (χ0) is 21.5. The van der Waals surface area contributed by atoms with Gasteiger partial charge in [-0.05, 0) is 72.3 Å². The fourth-order valence-electron chi connectivity index (χ4n) is 2.66. The highest BCUT2D eigenvalue weighted by molar-refractivity contribution is 5.98. The first-order valence-electron chi connectivity index (χ1n) is 9.03. The van der Waals surface area contributed by atoms with Crippen molar-refractivity contribution < 1.29 is 28.5 Å². The molecule has 0 aliphatic rings. The molecule has 0 fully saturated rings. The maximum atomic E-state index is 12.6. The summed E-state index contributed by atoms with van der Waals surface area (Å²) in [6.07, 6.45) is 1.48. The third-order valence-corrected chi connectivity index (χ3v) is 4.27. The van der Waals surface area contributed by atoms with Gasteiger partial charge in [-0.3, -0.25) is 0 Å². The van der Waals surface area contributed by atoms with Crippen molar-refractivity contribution in [3.8, 4) is 23.0 Å². The Bertz CT molecular complexity index is 1050. The fourth-order valence-corrected chi connectivity index (χ4v) is 2.66. The van der Waals surface area contributed by atoms with Crippen molar-refractivity contribution in [3.05, 3.63) is 90.0 Å². The number of esters is 2. The topological polar surface area (TPSA) is 71.1 Å². The summed E-state index contributed by atoms with van der Waals surface area (Å²) in [4.78, 5) is 25.0. The average Bonchev–Trinajstić information content (AvgIpc) is 2.79. The molecule has 0 amide bonds. The van der Waals surface area contributed by atoms with Crippen LogP contribution in [0.25, 0.3) is 6.08 Å². The number of hydrogen-bond donors (Lipinski definition) is 0. The highest BCUT2D eigenvalue weighted by Gasteiger charge is 2.16. The van der Waals surface area contributed by atoms with Gasteiger partial charge < -0.3 is 18.9 Å². The van der Waals surface area contributed by atoms with E-state index in [1.165, 1.54) is 24.3 Å². The summed E-state index contributed by atoms with van der Waals surface area (Å²) in [5, 5.41) is 0. The fraction of sp³-hybridized carbons (Fsp3) is 0.0833. The lowest BCUT2D eigenvalue weighted by Crippen LogP contribution is -2.13. The largest absolute Gasteiger partial charge is 0.497 e. The van der Waals surface area contributed by atoms with E-state index in [1.54, 1.807) is 62.8 Å². The second-order valence-corrected chi connectivity index (χ2v) is 6.14. The number of ether oxygens (including phenoxy) is 4. The molecule has 6 nitrogen and oxygen atoms in total. The minimum atomic E-state index is -0.565. The Morgan fingerprint density at radius 1 is 0.700 bits per heavy atom. The van der Waals surface area contributed by atoms with E-state index in [-0.39, 0.29) is 11.1 Å². The molecule has 0 saturated heterocycles. The zero-order valence-electron chi connectivity index (χ0n) is 16.6. The van der Waals surface area contributed by atoms with Crippen LogP contribution in [-0.2, 0) is 0 Å². The van der Waals surface area contributed by atoms with Gasteiger partial charge in [0.05, 0.1) is 25.3 Å². The molecule has 30 heavy (non-hydrogen) atoms. The van der Waals surface area contributed by atoms with E-state index in [0.717, 1.165) is 0 Å². The van der Waals surface area contributed by atoms with Gasteiger partial charge in [-0.1, -0.05) is 12.7 Å². The van der Waals surface area contributed by atoms with Gasteiger partial charge in [-0.25, -0.2) is 9.59 Å². The normalized spacial score (nSPS) is 10.1. The van der Waals surface area contributed by atoms with E-state index in [0.29, 0.717) is 28.6 Å². The molecule has 0 saturated carbocycles. The molecule has 0 atom stereocenters. The molecule has 0 aliphatic heterocycles. The lowest BCUT2D eigenvalue weighted by atomic mass is 10.0. The summed E-state index contributed by atoms with van der Waals surface area (Å²) >= 11 is 0. The number of rotatable bonds is 7. The smallest absolute Gasteiger partial charge is 0.344 e. The molecule has 0 aliphatic carbocycles. The van der Waals surface area contributed by atoms with Crippen LogP contribution in [0.3, 0.4) is 0 Å². The quantitative estimate of drug-likeness (QED) is 0.417. The van der Waals surface area contributed by atoms with Crippen LogP contribution in [0.2, 0.25) is 0 Å². The van der Waals surface area contributed by atoms with Crippen LogP contribution < -0.4 is 18.9 Å². The molecule has 6 heteroatoms. The molecule has 0 spiro atoms. The van der Waals surface area contributed by atoms with Gasteiger partial charge in [0.1, 0.15) is 23.0 Å². The van der Waals surface area contributed by atoms with Crippen LogP contribution >= 0.6 is 0 Å². The Morgan fingerprint density at radius 2 is 1.17 bits per heavy atom. The number of carbonyl (C=O) groups is 2. The molecule has 0 N–H and O–H groups in total. The van der Waals surface area contributed by atoms with Crippen LogP contribution in [-0.4, -0.2) is 26.2 Å². The highest BCUT2D eigenvalue weighted by Crippen LogP contribution is 2.22. The molecule has 0 heterocycles. The zero-order valence-corrected chi connectivity index (χ0v) is 16.6. The summed E-state index contributed by atoms with van der Waals surface area (Å²) in [6, 6.07) is 17.8. The van der Waals surface area contributed by atoms with E-state index >= 15 is 0 Å². The van der Waals surface area contributed by atoms with Crippen LogP contribution in [0.4, 0.5) is 0 Å². The molecular weight excluding hydrogens is 384 g/mol. The Balaban J connectivity index is 1.74. The molecule has 3 rings (SSSR count). The average molecular weight is 404 g/mol. The van der Waals surface area contributed by atoms with Crippen molar-refractivity contribution >= 4 is 18.0 Å². The molecule has 0 unspecified atom stereocenters. The minimum absolute atomic E-state index is 0.279. The van der Waals surface area contributed by atoms with Crippen molar-refractivity contribution in [3.63, 3.8) is 0 Å². The van der Waals surface area contributed by atoms with Crippen molar-refractivity contribution in [2.45, 2.75) is 0 Å². The predicted octanol–water partition coefficient (Wildman–Crippen LogP) is 4.79. The molecule has 152 valence electrons. The van der Waals surface area contributed by atoms with Gasteiger partial charge in [-0.2, -0.15) is 0 Å². The maximum absolute atomic E-state index is 12.6. The molecular formula is C24H20O6. The third-order valence-electron chi connectivity index (χ3n) is 4.27. The van der Waals surface area contributed by atoms with Crippen LogP contribution in [0.5, 0.6) is 23.0 Å². The standard InChI is InChI=1S/C24H20O6/c1-4-16-15-17(23(25)29-20-10-6-18(27-2)7-11-20)5-14-22(16)24(26)30-21-12-8-19(28-3)9-13-21/h4-15H,1H2,2-3H3. The third kappa shape index (κ3) is 4.86. The summed E-state index contributed by atoms with van der Waals surface area (Å²) in [6.45, 7) is 3.72. The first-order valence-corrected chi connectivity index (χ1v) is 9.03. The van der Waals surface area contributed by atoms with Gasteiger partial charge in [0, 0.05) is 0 Å². The Morgan fingerprint density at radius 3 is 1.63 bits per heavy atom. The van der Waals surface area contributed by atoms with E-state index in [4.69, 9.17) is 18.9 Å². The second-order valence-electron chi connectivity index (χ2n) is 6.14. The van der Waals surface area contributed by atoms with E-state index in [2.05, 4.69) is 6.58 Å². The number of hydrogen-bond acceptors (Lipinski definition) is 6. The van der Waals surface area contributed by atoms with E-state index < -0.39 is 11.9 Å². The van der Waals surface area contributed by atoms with Crippen LogP contribution in [0.15, 0.2) is 73.3 Å². The van der Waals surface area contributed by atoms with Gasteiger partial charge in [0.25, 0.3) is 0 Å². The molecule has 0 radical (unpaired) electrons. The summed E-state index contributed by atoms with van der Waals surface area (Å²) in [7, 11) is 3.11. The maximum Gasteiger partial charge on any atom is 0.344 e. The minimum Gasteiger partial charge on any atom is -0.497 e. The van der Waals surface area contributed by atoms with Crippen LogP contribution in [0, 0.1) is 0 Å². The summed E-state index contributed by atoms with van der Waals surface area (Å²) < 4.78 is 20.9. The first kappa shape index (κ1) is 20.7. The van der Waals surface area contributed by atoms with E-state index in [1.807, 2.05) is 0 Å². The predicted molar refractivity (Wildman–Crippen MR) is 112 cm³/mol. The highest BCUT2D eigenvalue weighted by atomic mass is 16.5. The van der Waals surface area contributed by atoms with Gasteiger partial charge in [-0.15, -0.1) is 0 Å². The Hall–Kier alpha value is -4.06. The lowest BCUT2D eigenvalue weighted by molar-refractivity contribution is 0.0720. The van der Waals surface area contributed by atoms with Crippen LogP contribution in [0.1, 0.15) is 26.3 Å². The summed E-state index contributed by atoms with van der Waals surface area (Å²) in [5.41, 5.74) is 1.02. The Kier molecular flexibility index (Phi) is 6.49. The van der Waals surface area contributed by atoms with Crippen molar-refractivity contribution in [2.24, 2.45) is 0 Å². The monoisotopic (exact) mass is 404 g/mol. The van der Waals surface area contributed by atoms with Crippen molar-refractivity contribution in [1.29, 1.82) is 0 Å². The van der Waals surface area contributed by atoms with Crippen molar-refractivity contribution in [1.82, 2.24) is 0 Å². The summed E-state index contributed by atoms with van der Waals surface area (Å²) in [5.74, 6) is 0.941. The Labute approximate surface area is 174 Å². The first-order chi connectivity index (χ1) is 14.5. The molecule has 0 bridgehead atoms. The lowest BCUT2D eigenvalue weighted by Gasteiger charge is -2.10. The van der Waals surface area contributed by atoms with Gasteiger partial charge in [0.15, 0.2) is 0 Å². The van der Waals surface area contributed by atoms with Crippen molar-refractivity contribution in [2.75, 3.05) is 14.2 Å². The van der Waals surface area contributed by atoms with Gasteiger partial charge in [0.2, 0.25) is 0 Å². The number of benzene rings is 3. The molecule has 3 aromatic rings. The molecule has 0 aromatic heterocycles. The SMILES string of the molecule is C=Cc1cc(C(=O)Oc2ccc(OC)cc2)ccc1C(=O)Oc1ccc(OC)cc1. The number of carbonyl (C=O) groups excluding carboxylic acids is 2. The number of methoxy groups -OCH3 is 2. The second kappa shape index (κ2) is 9.43.